The molecule has 0 fully saturated rings. The smallest absolute Gasteiger partial charge is 0.163 e. The molecule has 0 saturated carbocycles. The molecule has 1 aromatic rings. The number of Topliss-reactive ketones (excluding diaryl/α,β-unsaturated/α-hetero) is 1. The zero-order valence-electron chi connectivity index (χ0n) is 6.80. The zero-order valence-corrected chi connectivity index (χ0v) is 8.39. The molecular formula is C10H9BrO. The first-order chi connectivity index (χ1) is 5.68. The summed E-state index contributed by atoms with van der Waals surface area (Å²) in [5, 5.41) is 0. The molecule has 0 radical (unpaired) electrons. The van der Waals surface area contributed by atoms with Crippen molar-refractivity contribution in [2.75, 3.05) is 0 Å². The highest BCUT2D eigenvalue weighted by Crippen LogP contribution is 2.33. The summed E-state index contributed by atoms with van der Waals surface area (Å²) < 4.78 is 0.990. The van der Waals surface area contributed by atoms with Gasteiger partial charge in [0.2, 0.25) is 0 Å². The van der Waals surface area contributed by atoms with E-state index in [2.05, 4.69) is 22.9 Å². The van der Waals surface area contributed by atoms with Crippen LogP contribution in [0.3, 0.4) is 0 Å². The molecule has 1 unspecified atom stereocenters. The Labute approximate surface area is 79.9 Å². The van der Waals surface area contributed by atoms with Gasteiger partial charge >= 0.3 is 0 Å². The van der Waals surface area contributed by atoms with Gasteiger partial charge in [0.15, 0.2) is 5.78 Å². The number of hydrogen-bond acceptors (Lipinski definition) is 1. The SMILES string of the molecule is CC1CC(=O)c2cc(Br)ccc21. The highest BCUT2D eigenvalue weighted by molar-refractivity contribution is 9.10. The molecule has 0 aliphatic heterocycles. The van der Waals surface area contributed by atoms with Gasteiger partial charge in [0.25, 0.3) is 0 Å². The summed E-state index contributed by atoms with van der Waals surface area (Å²) in [6, 6.07) is 5.95. The van der Waals surface area contributed by atoms with Crippen molar-refractivity contribution in [2.45, 2.75) is 19.3 Å². The molecule has 1 atom stereocenters. The number of fused-ring (bicyclic) bond motifs is 1. The van der Waals surface area contributed by atoms with Gasteiger partial charge in [0.05, 0.1) is 0 Å². The molecule has 62 valence electrons. The molecule has 0 heterocycles. The number of rotatable bonds is 0. The van der Waals surface area contributed by atoms with E-state index in [1.807, 2.05) is 18.2 Å². The average molecular weight is 225 g/mol. The number of hydrogen-bond donors (Lipinski definition) is 0. The Morgan fingerprint density at radius 1 is 1.50 bits per heavy atom. The summed E-state index contributed by atoms with van der Waals surface area (Å²) in [7, 11) is 0. The largest absolute Gasteiger partial charge is 0.294 e. The van der Waals surface area contributed by atoms with E-state index in [1.165, 1.54) is 5.56 Å². The van der Waals surface area contributed by atoms with Crippen LogP contribution in [0, 0.1) is 0 Å². The first-order valence-corrected chi connectivity index (χ1v) is 4.80. The summed E-state index contributed by atoms with van der Waals surface area (Å²) in [5.41, 5.74) is 2.10. The topological polar surface area (TPSA) is 17.1 Å². The quantitative estimate of drug-likeness (QED) is 0.662. The van der Waals surface area contributed by atoms with Gasteiger partial charge in [-0.15, -0.1) is 0 Å². The minimum absolute atomic E-state index is 0.277. The van der Waals surface area contributed by atoms with Crippen molar-refractivity contribution in [3.05, 3.63) is 33.8 Å². The molecule has 0 N–H and O–H groups in total. The third-order valence-electron chi connectivity index (χ3n) is 2.34. The van der Waals surface area contributed by atoms with Crippen LogP contribution in [0.1, 0.15) is 35.2 Å². The van der Waals surface area contributed by atoms with E-state index in [0.29, 0.717) is 12.3 Å². The lowest BCUT2D eigenvalue weighted by molar-refractivity contribution is 0.0990. The normalized spacial score (nSPS) is 21.2. The molecule has 0 spiro atoms. The van der Waals surface area contributed by atoms with Crippen molar-refractivity contribution in [1.82, 2.24) is 0 Å². The van der Waals surface area contributed by atoms with Crippen LogP contribution in [0.5, 0.6) is 0 Å². The Balaban J connectivity index is 2.60. The first kappa shape index (κ1) is 7.99. The van der Waals surface area contributed by atoms with Gasteiger partial charge in [0.1, 0.15) is 0 Å². The maximum atomic E-state index is 11.4. The maximum Gasteiger partial charge on any atom is 0.163 e. The fourth-order valence-corrected chi connectivity index (χ4v) is 2.06. The molecule has 0 aromatic heterocycles. The fraction of sp³-hybridized carbons (Fsp3) is 0.300. The highest BCUT2D eigenvalue weighted by Gasteiger charge is 2.25. The van der Waals surface area contributed by atoms with Crippen molar-refractivity contribution in [1.29, 1.82) is 0 Å². The molecule has 1 aliphatic carbocycles. The summed E-state index contributed by atoms with van der Waals surface area (Å²) in [4.78, 5) is 11.4. The van der Waals surface area contributed by atoms with Crippen LogP contribution in [-0.2, 0) is 0 Å². The molecule has 1 aromatic carbocycles. The van der Waals surface area contributed by atoms with Crippen LogP contribution in [0.25, 0.3) is 0 Å². The molecule has 1 nitrogen and oxygen atoms in total. The van der Waals surface area contributed by atoms with E-state index in [1.54, 1.807) is 0 Å². The van der Waals surface area contributed by atoms with E-state index >= 15 is 0 Å². The summed E-state index contributed by atoms with van der Waals surface area (Å²) in [6.45, 7) is 2.09. The van der Waals surface area contributed by atoms with E-state index < -0.39 is 0 Å². The molecule has 2 rings (SSSR count). The average Bonchev–Trinajstić information content (AvgIpc) is 2.28. The van der Waals surface area contributed by atoms with Crippen LogP contribution in [0.15, 0.2) is 22.7 Å². The Morgan fingerprint density at radius 3 is 3.00 bits per heavy atom. The third kappa shape index (κ3) is 1.11. The maximum absolute atomic E-state index is 11.4. The molecule has 2 heteroatoms. The molecule has 12 heavy (non-hydrogen) atoms. The predicted molar refractivity (Wildman–Crippen MR) is 51.5 cm³/mol. The Bertz CT molecular complexity index is 344. The van der Waals surface area contributed by atoms with Crippen molar-refractivity contribution in [3.8, 4) is 0 Å². The van der Waals surface area contributed by atoms with Crippen molar-refractivity contribution >= 4 is 21.7 Å². The zero-order chi connectivity index (χ0) is 8.72. The number of carbonyl (C=O) groups excluding carboxylic acids is 1. The second kappa shape index (κ2) is 2.70. The summed E-state index contributed by atoms with van der Waals surface area (Å²) in [6.07, 6.45) is 0.672. The lowest BCUT2D eigenvalue weighted by Crippen LogP contribution is -1.89. The van der Waals surface area contributed by atoms with Crippen molar-refractivity contribution in [3.63, 3.8) is 0 Å². The van der Waals surface area contributed by atoms with Crippen LogP contribution in [-0.4, -0.2) is 5.78 Å². The highest BCUT2D eigenvalue weighted by atomic mass is 79.9. The van der Waals surface area contributed by atoms with Gasteiger partial charge in [0, 0.05) is 16.5 Å². The van der Waals surface area contributed by atoms with Crippen LogP contribution in [0.2, 0.25) is 0 Å². The van der Waals surface area contributed by atoms with Crippen molar-refractivity contribution < 1.29 is 4.79 Å². The van der Waals surface area contributed by atoms with Gasteiger partial charge in [-0.1, -0.05) is 28.9 Å². The van der Waals surface area contributed by atoms with E-state index in [4.69, 9.17) is 0 Å². The summed E-state index contributed by atoms with van der Waals surface area (Å²) in [5.74, 6) is 0.680. The van der Waals surface area contributed by atoms with Gasteiger partial charge in [-0.05, 0) is 23.6 Å². The van der Waals surface area contributed by atoms with E-state index in [-0.39, 0.29) is 5.78 Å². The van der Waals surface area contributed by atoms with Crippen molar-refractivity contribution in [2.24, 2.45) is 0 Å². The number of halogens is 1. The number of carbonyl (C=O) groups is 1. The molecular weight excluding hydrogens is 216 g/mol. The predicted octanol–water partition coefficient (Wildman–Crippen LogP) is 3.14. The monoisotopic (exact) mass is 224 g/mol. The van der Waals surface area contributed by atoms with Gasteiger partial charge in [-0.2, -0.15) is 0 Å². The van der Waals surface area contributed by atoms with Gasteiger partial charge < -0.3 is 0 Å². The Kier molecular flexibility index (Phi) is 1.80. The Hall–Kier alpha value is -0.630. The molecule has 0 saturated heterocycles. The minimum atomic E-state index is 0.277. The van der Waals surface area contributed by atoms with Crippen LogP contribution < -0.4 is 0 Å². The second-order valence-corrected chi connectivity index (χ2v) is 4.18. The second-order valence-electron chi connectivity index (χ2n) is 3.26. The van der Waals surface area contributed by atoms with E-state index in [9.17, 15) is 4.79 Å². The number of ketones is 1. The molecule has 0 bridgehead atoms. The van der Waals surface area contributed by atoms with E-state index in [0.717, 1.165) is 10.0 Å². The van der Waals surface area contributed by atoms with Crippen LogP contribution >= 0.6 is 15.9 Å². The lowest BCUT2D eigenvalue weighted by Gasteiger charge is -2.01. The third-order valence-corrected chi connectivity index (χ3v) is 2.83. The standard InChI is InChI=1S/C10H9BrO/c1-6-4-10(12)9-5-7(11)2-3-8(6)9/h2-3,5-6H,4H2,1H3. The minimum Gasteiger partial charge on any atom is -0.294 e. The lowest BCUT2D eigenvalue weighted by atomic mass is 10.0. The van der Waals surface area contributed by atoms with Gasteiger partial charge in [-0.25, -0.2) is 0 Å². The molecule has 1 aliphatic rings. The first-order valence-electron chi connectivity index (χ1n) is 4.01. The molecule has 0 amide bonds. The van der Waals surface area contributed by atoms with Gasteiger partial charge in [-0.3, -0.25) is 4.79 Å². The fourth-order valence-electron chi connectivity index (χ4n) is 1.70. The number of benzene rings is 1. The summed E-state index contributed by atoms with van der Waals surface area (Å²) >= 11 is 3.36. The Morgan fingerprint density at radius 2 is 2.25 bits per heavy atom. The van der Waals surface area contributed by atoms with Crippen LogP contribution in [0.4, 0.5) is 0 Å².